The maximum Gasteiger partial charge on any atom is 0.269 e. The number of rotatable bonds is 3. The summed E-state index contributed by atoms with van der Waals surface area (Å²) in [5.74, 6) is -0.730. The Morgan fingerprint density at radius 1 is 1.52 bits per heavy atom. The van der Waals surface area contributed by atoms with Crippen LogP contribution in [0.15, 0.2) is 31.1 Å². The van der Waals surface area contributed by atoms with Gasteiger partial charge in [0.05, 0.1) is 18.7 Å². The molecule has 0 radical (unpaired) electrons. The fourth-order valence-corrected chi connectivity index (χ4v) is 2.91. The summed E-state index contributed by atoms with van der Waals surface area (Å²) in [6.45, 7) is 5.56. The first kappa shape index (κ1) is 15.2. The molecule has 1 atom stereocenters. The number of nitrogens with one attached hydrogen (secondary N) is 1. The number of primary amides is 1. The monoisotopic (exact) mass is 314 g/mol. The Morgan fingerprint density at radius 2 is 2.35 bits per heavy atom. The molecule has 3 rings (SSSR count). The van der Waals surface area contributed by atoms with Crippen LogP contribution in [0.1, 0.15) is 22.0 Å². The molecule has 120 valence electrons. The van der Waals surface area contributed by atoms with Gasteiger partial charge in [-0.25, -0.2) is 4.98 Å². The predicted octanol–water partition coefficient (Wildman–Crippen LogP) is 0.790. The fraction of sp³-hybridized carbons (Fsp3) is 0.312. The Balaban J connectivity index is 2.00. The van der Waals surface area contributed by atoms with Crippen LogP contribution in [0.5, 0.6) is 0 Å². The Bertz CT molecular complexity index is 768. The lowest BCUT2D eigenvalue weighted by Gasteiger charge is -2.23. The van der Waals surface area contributed by atoms with Gasteiger partial charge in [-0.2, -0.15) is 0 Å². The average molecular weight is 314 g/mol. The number of H-pyrrole nitrogens is 1. The second-order valence-electron chi connectivity index (χ2n) is 5.45. The molecule has 2 aromatic heterocycles. The van der Waals surface area contributed by atoms with Gasteiger partial charge in [-0.1, -0.05) is 6.58 Å². The number of hydrogen-bond donors (Lipinski definition) is 2. The van der Waals surface area contributed by atoms with Crippen LogP contribution in [0.3, 0.4) is 0 Å². The largest absolute Gasteiger partial charge is 0.379 e. The van der Waals surface area contributed by atoms with E-state index in [0.29, 0.717) is 31.8 Å². The first-order chi connectivity index (χ1) is 11.1. The van der Waals surface area contributed by atoms with Gasteiger partial charge in [-0.05, 0) is 17.7 Å². The molecule has 1 fully saturated rings. The van der Waals surface area contributed by atoms with Crippen molar-refractivity contribution in [1.29, 1.82) is 0 Å². The molecule has 0 bridgehead atoms. The zero-order chi connectivity index (χ0) is 16.4. The average Bonchev–Trinajstić information content (AvgIpc) is 2.90. The molecule has 7 heteroatoms. The van der Waals surface area contributed by atoms with Gasteiger partial charge < -0.3 is 20.4 Å². The third-order valence-electron chi connectivity index (χ3n) is 4.05. The van der Waals surface area contributed by atoms with Gasteiger partial charge in [-0.15, -0.1) is 0 Å². The highest BCUT2D eigenvalue weighted by Crippen LogP contribution is 2.28. The molecule has 23 heavy (non-hydrogen) atoms. The van der Waals surface area contributed by atoms with Crippen LogP contribution in [0.2, 0.25) is 0 Å². The summed E-state index contributed by atoms with van der Waals surface area (Å²) in [4.78, 5) is 32.3. The number of ether oxygens (including phenoxy) is 1. The molecule has 3 heterocycles. The standard InChI is InChI=1S/C16H18N4O3/c1-2-13(21)20-5-6-23-9-10(8-20)12-7-19-15(16(17)22)14-11(12)3-4-18-14/h2-4,7,10,18H,1,5-6,8-9H2,(H2,17,22). The number of carbonyl (C=O) groups is 2. The van der Waals surface area contributed by atoms with E-state index in [0.717, 1.165) is 10.9 Å². The van der Waals surface area contributed by atoms with Gasteiger partial charge in [-0.3, -0.25) is 9.59 Å². The second-order valence-corrected chi connectivity index (χ2v) is 5.45. The van der Waals surface area contributed by atoms with Gasteiger partial charge in [0.25, 0.3) is 5.91 Å². The molecule has 3 N–H and O–H groups in total. The highest BCUT2D eigenvalue weighted by atomic mass is 16.5. The predicted molar refractivity (Wildman–Crippen MR) is 84.9 cm³/mol. The van der Waals surface area contributed by atoms with E-state index >= 15 is 0 Å². The van der Waals surface area contributed by atoms with Crippen molar-refractivity contribution < 1.29 is 14.3 Å². The quantitative estimate of drug-likeness (QED) is 0.818. The van der Waals surface area contributed by atoms with Gasteiger partial charge in [0.2, 0.25) is 5.91 Å². The second kappa shape index (κ2) is 6.21. The summed E-state index contributed by atoms with van der Waals surface area (Å²) in [5, 5.41) is 0.871. The normalized spacial score (nSPS) is 18.6. The van der Waals surface area contributed by atoms with Crippen molar-refractivity contribution >= 4 is 22.7 Å². The molecular formula is C16H18N4O3. The number of hydrogen-bond acceptors (Lipinski definition) is 4. The topological polar surface area (TPSA) is 101 Å². The number of nitrogens with two attached hydrogens (primary N) is 1. The molecule has 7 nitrogen and oxygen atoms in total. The Kier molecular flexibility index (Phi) is 4.12. The number of fused-ring (bicyclic) bond motifs is 1. The minimum Gasteiger partial charge on any atom is -0.379 e. The van der Waals surface area contributed by atoms with Gasteiger partial charge >= 0.3 is 0 Å². The zero-order valence-corrected chi connectivity index (χ0v) is 12.6. The minimum atomic E-state index is -0.579. The van der Waals surface area contributed by atoms with E-state index in [4.69, 9.17) is 10.5 Å². The Morgan fingerprint density at radius 3 is 3.09 bits per heavy atom. The SMILES string of the molecule is C=CC(=O)N1CCOCC(c2cnc(C(N)=O)c3[nH]ccc23)C1. The first-order valence-electron chi connectivity index (χ1n) is 7.36. The molecule has 1 aliphatic rings. The van der Waals surface area contributed by atoms with Crippen LogP contribution in [0.25, 0.3) is 10.9 Å². The van der Waals surface area contributed by atoms with Crippen LogP contribution < -0.4 is 5.73 Å². The molecule has 0 saturated carbocycles. The van der Waals surface area contributed by atoms with Crippen LogP contribution in [0.4, 0.5) is 0 Å². The molecule has 1 saturated heterocycles. The summed E-state index contributed by atoms with van der Waals surface area (Å²) < 4.78 is 5.63. The lowest BCUT2D eigenvalue weighted by Crippen LogP contribution is -2.34. The lowest BCUT2D eigenvalue weighted by atomic mass is 9.97. The van der Waals surface area contributed by atoms with Crippen molar-refractivity contribution in [3.05, 3.63) is 42.4 Å². The molecule has 1 aliphatic heterocycles. The number of amides is 2. The van der Waals surface area contributed by atoms with E-state index in [2.05, 4.69) is 16.5 Å². The molecule has 0 spiro atoms. The van der Waals surface area contributed by atoms with Crippen LogP contribution in [-0.4, -0.2) is 53.0 Å². The van der Waals surface area contributed by atoms with E-state index in [1.165, 1.54) is 6.08 Å². The molecule has 0 aliphatic carbocycles. The van der Waals surface area contributed by atoms with Crippen molar-refractivity contribution in [1.82, 2.24) is 14.9 Å². The molecule has 2 amide bonds. The fourth-order valence-electron chi connectivity index (χ4n) is 2.91. The van der Waals surface area contributed by atoms with Gasteiger partial charge in [0.1, 0.15) is 0 Å². The molecule has 2 aromatic rings. The van der Waals surface area contributed by atoms with E-state index in [9.17, 15) is 9.59 Å². The summed E-state index contributed by atoms with van der Waals surface area (Å²) >= 11 is 0. The molecule has 0 aromatic carbocycles. The first-order valence-corrected chi connectivity index (χ1v) is 7.36. The molecular weight excluding hydrogens is 296 g/mol. The van der Waals surface area contributed by atoms with E-state index in [-0.39, 0.29) is 17.5 Å². The lowest BCUT2D eigenvalue weighted by molar-refractivity contribution is -0.126. The van der Waals surface area contributed by atoms with E-state index < -0.39 is 5.91 Å². The number of carbonyl (C=O) groups excluding carboxylic acids is 2. The maximum absolute atomic E-state index is 11.9. The maximum atomic E-state index is 11.9. The zero-order valence-electron chi connectivity index (χ0n) is 12.6. The summed E-state index contributed by atoms with van der Waals surface area (Å²) in [7, 11) is 0. The summed E-state index contributed by atoms with van der Waals surface area (Å²) in [5.41, 5.74) is 7.11. The highest BCUT2D eigenvalue weighted by molar-refractivity contribution is 6.03. The number of aromatic nitrogens is 2. The summed E-state index contributed by atoms with van der Waals surface area (Å²) in [6, 6.07) is 1.88. The van der Waals surface area contributed by atoms with Crippen molar-refractivity contribution in [3.63, 3.8) is 0 Å². The van der Waals surface area contributed by atoms with E-state index in [1.54, 1.807) is 17.3 Å². The van der Waals surface area contributed by atoms with E-state index in [1.807, 2.05) is 6.07 Å². The van der Waals surface area contributed by atoms with Gasteiger partial charge in [0.15, 0.2) is 5.69 Å². The number of nitrogens with zero attached hydrogens (tertiary/aromatic N) is 2. The smallest absolute Gasteiger partial charge is 0.269 e. The van der Waals surface area contributed by atoms with Gasteiger partial charge in [0, 0.05) is 36.8 Å². The van der Waals surface area contributed by atoms with Crippen molar-refractivity contribution in [2.45, 2.75) is 5.92 Å². The van der Waals surface area contributed by atoms with Crippen LogP contribution >= 0.6 is 0 Å². The highest BCUT2D eigenvalue weighted by Gasteiger charge is 2.25. The van der Waals surface area contributed by atoms with Crippen molar-refractivity contribution in [2.24, 2.45) is 5.73 Å². The Labute approximate surface area is 133 Å². The van der Waals surface area contributed by atoms with Crippen molar-refractivity contribution in [2.75, 3.05) is 26.3 Å². The minimum absolute atomic E-state index is 0.0332. The molecule has 1 unspecified atom stereocenters. The summed E-state index contributed by atoms with van der Waals surface area (Å²) in [6.07, 6.45) is 4.70. The number of pyridine rings is 1. The number of aromatic amines is 1. The third-order valence-corrected chi connectivity index (χ3v) is 4.05. The van der Waals surface area contributed by atoms with Crippen LogP contribution in [0, 0.1) is 0 Å². The van der Waals surface area contributed by atoms with Crippen LogP contribution in [-0.2, 0) is 9.53 Å². The Hall–Kier alpha value is -2.67. The third kappa shape index (κ3) is 2.83. The van der Waals surface area contributed by atoms with Crippen molar-refractivity contribution in [3.8, 4) is 0 Å².